The van der Waals surface area contributed by atoms with E-state index in [1.165, 1.54) is 25.9 Å². The number of nitrogens with one attached hydrogen (secondary N) is 1. The minimum Gasteiger partial charge on any atom is -0.455 e. The van der Waals surface area contributed by atoms with Crippen LogP contribution in [0, 0.1) is 0 Å². The molecule has 0 spiro atoms. The van der Waals surface area contributed by atoms with Crippen LogP contribution in [0.4, 0.5) is 17.1 Å². The first kappa shape index (κ1) is 35.2. The van der Waals surface area contributed by atoms with Crippen LogP contribution < -0.4 is 10.2 Å². The Bertz CT molecular complexity index is 3500. The quantitative estimate of drug-likeness (QED) is 0.175. The van der Waals surface area contributed by atoms with Crippen molar-refractivity contribution in [3.63, 3.8) is 0 Å². The van der Waals surface area contributed by atoms with E-state index < -0.39 is 6.17 Å². The van der Waals surface area contributed by atoms with Crippen molar-refractivity contribution >= 4 is 93.0 Å². The second kappa shape index (κ2) is 14.5. The summed E-state index contributed by atoms with van der Waals surface area (Å²) < 4.78 is 9.54. The maximum Gasteiger partial charge on any atom is 0.159 e. The fourth-order valence-corrected chi connectivity index (χ4v) is 10.1. The van der Waals surface area contributed by atoms with Gasteiger partial charge in [-0.25, -0.2) is 9.98 Å². The Hall–Kier alpha value is -7.80. The SMILES string of the molecule is c1ccc(C2=NC(c3cccc4c3oc3c5ccccc5c(-c5ccc(N(c6ccccc6)c6cccc7c6sc6ccccc67)cc5)cc43)NC(c3ccccc3)=N2)cc1. The molecule has 12 rings (SSSR count). The molecule has 1 atom stereocenters. The molecule has 1 aliphatic rings. The highest BCUT2D eigenvalue weighted by atomic mass is 32.1. The molecule has 11 aromatic rings. The highest BCUT2D eigenvalue weighted by molar-refractivity contribution is 7.26. The smallest absolute Gasteiger partial charge is 0.159 e. The van der Waals surface area contributed by atoms with Gasteiger partial charge >= 0.3 is 0 Å². The number of aliphatic imine (C=N–C) groups is 2. The first-order valence-electron chi connectivity index (χ1n) is 20.5. The molecule has 0 aliphatic carbocycles. The van der Waals surface area contributed by atoms with Crippen LogP contribution in [0.25, 0.3) is 64.0 Å². The van der Waals surface area contributed by atoms with Crippen LogP contribution in [0.2, 0.25) is 0 Å². The van der Waals surface area contributed by atoms with E-state index >= 15 is 0 Å². The van der Waals surface area contributed by atoms with Crippen molar-refractivity contribution in [2.24, 2.45) is 9.98 Å². The van der Waals surface area contributed by atoms with E-state index in [1.807, 2.05) is 47.7 Å². The van der Waals surface area contributed by atoms with Gasteiger partial charge in [-0.3, -0.25) is 0 Å². The van der Waals surface area contributed by atoms with Crippen LogP contribution >= 0.6 is 11.3 Å². The first-order valence-corrected chi connectivity index (χ1v) is 21.3. The summed E-state index contributed by atoms with van der Waals surface area (Å²) in [7, 11) is 0. The lowest BCUT2D eigenvalue weighted by Gasteiger charge is -2.26. The van der Waals surface area contributed by atoms with E-state index in [-0.39, 0.29) is 0 Å². The van der Waals surface area contributed by atoms with Crippen LogP contribution in [0.3, 0.4) is 0 Å². The zero-order valence-electron chi connectivity index (χ0n) is 32.9. The van der Waals surface area contributed by atoms with Gasteiger partial charge in [0.25, 0.3) is 0 Å². The fourth-order valence-electron chi connectivity index (χ4n) is 8.87. The number of anilines is 3. The summed E-state index contributed by atoms with van der Waals surface area (Å²) in [5, 5.41) is 10.5. The number of amidine groups is 2. The topological polar surface area (TPSA) is 53.1 Å². The van der Waals surface area contributed by atoms with Crippen LogP contribution in [0.1, 0.15) is 22.9 Å². The highest BCUT2D eigenvalue weighted by Gasteiger charge is 2.26. The van der Waals surface area contributed by atoms with Gasteiger partial charge in [0.15, 0.2) is 12.0 Å². The summed E-state index contributed by atoms with van der Waals surface area (Å²) >= 11 is 1.85. The number of para-hydroxylation sites is 2. The number of rotatable bonds is 7. The van der Waals surface area contributed by atoms with E-state index in [1.54, 1.807) is 0 Å². The lowest BCUT2D eigenvalue weighted by Crippen LogP contribution is -2.33. The highest BCUT2D eigenvalue weighted by Crippen LogP contribution is 2.46. The maximum atomic E-state index is 6.97. The normalized spacial score (nSPS) is 14.1. The van der Waals surface area contributed by atoms with Crippen LogP contribution in [0.15, 0.2) is 221 Å². The number of nitrogens with zero attached hydrogens (tertiary/aromatic N) is 3. The molecule has 1 unspecified atom stereocenters. The molecular weight excluding hydrogens is 765 g/mol. The lowest BCUT2D eigenvalue weighted by atomic mass is 9.95. The maximum absolute atomic E-state index is 6.97. The molecule has 0 amide bonds. The van der Waals surface area contributed by atoms with Crippen molar-refractivity contribution in [3.05, 3.63) is 223 Å². The number of furan rings is 1. The summed E-state index contributed by atoms with van der Waals surface area (Å²) in [5.41, 5.74) is 10.3. The Morgan fingerprint density at radius 3 is 1.87 bits per heavy atom. The Kier molecular flexibility index (Phi) is 8.35. The van der Waals surface area contributed by atoms with Crippen LogP contribution in [0.5, 0.6) is 0 Å². The lowest BCUT2D eigenvalue weighted by molar-refractivity contribution is 0.630. The largest absolute Gasteiger partial charge is 0.455 e. The molecule has 0 radical (unpaired) electrons. The number of hydrogen-bond acceptors (Lipinski definition) is 6. The second-order valence-corrected chi connectivity index (χ2v) is 16.4. The van der Waals surface area contributed by atoms with E-state index in [4.69, 9.17) is 14.4 Å². The van der Waals surface area contributed by atoms with Crippen LogP contribution in [-0.2, 0) is 0 Å². The van der Waals surface area contributed by atoms with Gasteiger partial charge in [0, 0.05) is 59.7 Å². The molecule has 2 aromatic heterocycles. The van der Waals surface area contributed by atoms with Crippen molar-refractivity contribution < 1.29 is 4.42 Å². The third kappa shape index (κ3) is 5.99. The molecule has 0 bridgehead atoms. The average Bonchev–Trinajstić information content (AvgIpc) is 3.92. The number of thiophene rings is 1. The predicted molar refractivity (Wildman–Crippen MR) is 256 cm³/mol. The summed E-state index contributed by atoms with van der Waals surface area (Å²) in [5.74, 6) is 1.45. The molecule has 0 saturated heterocycles. The molecule has 1 aliphatic heterocycles. The zero-order chi connectivity index (χ0) is 40.3. The summed E-state index contributed by atoms with van der Waals surface area (Å²) in [6.45, 7) is 0. The Labute approximate surface area is 356 Å². The molecule has 61 heavy (non-hydrogen) atoms. The third-order valence-electron chi connectivity index (χ3n) is 11.7. The predicted octanol–water partition coefficient (Wildman–Crippen LogP) is 14.7. The average molecular weight is 801 g/mol. The summed E-state index contributed by atoms with van der Waals surface area (Å²) in [6.07, 6.45) is -0.420. The van der Waals surface area contributed by atoms with Gasteiger partial charge in [0.1, 0.15) is 17.0 Å². The first-order chi connectivity index (χ1) is 30.2. The Morgan fingerprint density at radius 1 is 0.475 bits per heavy atom. The van der Waals surface area contributed by atoms with Crippen molar-refractivity contribution in [3.8, 4) is 11.1 Å². The molecule has 3 heterocycles. The van der Waals surface area contributed by atoms with Gasteiger partial charge in [-0.15, -0.1) is 11.3 Å². The molecule has 5 nitrogen and oxygen atoms in total. The van der Waals surface area contributed by atoms with Gasteiger partial charge in [0.2, 0.25) is 0 Å². The number of fused-ring (bicyclic) bond motifs is 8. The van der Waals surface area contributed by atoms with Crippen molar-refractivity contribution in [2.75, 3.05) is 4.90 Å². The minimum absolute atomic E-state index is 0.420. The number of benzene rings is 9. The van der Waals surface area contributed by atoms with Crippen LogP contribution in [-0.4, -0.2) is 11.7 Å². The molecule has 0 fully saturated rings. The van der Waals surface area contributed by atoms with Crippen molar-refractivity contribution in [1.29, 1.82) is 0 Å². The fraction of sp³-hybridized carbons (Fsp3) is 0.0182. The van der Waals surface area contributed by atoms with E-state index in [9.17, 15) is 0 Å². The second-order valence-electron chi connectivity index (χ2n) is 15.3. The summed E-state index contributed by atoms with van der Waals surface area (Å²) in [4.78, 5) is 12.6. The van der Waals surface area contributed by atoms with Crippen molar-refractivity contribution in [1.82, 2.24) is 5.32 Å². The molecule has 9 aromatic carbocycles. The van der Waals surface area contributed by atoms with Crippen molar-refractivity contribution in [2.45, 2.75) is 6.17 Å². The molecule has 6 heteroatoms. The van der Waals surface area contributed by atoms with E-state index in [0.717, 1.165) is 77.7 Å². The van der Waals surface area contributed by atoms with Gasteiger partial charge in [-0.05, 0) is 59.0 Å². The zero-order valence-corrected chi connectivity index (χ0v) is 33.7. The third-order valence-corrected chi connectivity index (χ3v) is 12.9. The van der Waals surface area contributed by atoms with Gasteiger partial charge in [0.05, 0.1) is 10.4 Å². The van der Waals surface area contributed by atoms with Gasteiger partial charge < -0.3 is 14.6 Å². The van der Waals surface area contributed by atoms with Gasteiger partial charge in [-0.1, -0.05) is 164 Å². The number of hydrogen-bond donors (Lipinski definition) is 1. The summed E-state index contributed by atoms with van der Waals surface area (Å²) in [6, 6.07) is 72.7. The Morgan fingerprint density at radius 2 is 1.08 bits per heavy atom. The Balaban J connectivity index is 0.984. The molecule has 1 N–H and O–H groups in total. The molecular formula is C55H36N4OS. The monoisotopic (exact) mass is 800 g/mol. The minimum atomic E-state index is -0.420. The van der Waals surface area contributed by atoms with Gasteiger partial charge in [-0.2, -0.15) is 0 Å². The standard InChI is InChI=1S/C55H36N4OS/c1-4-16-36(17-5-1)53-56-54(37-18-6-2-7-19-37)58-55(57-53)45-27-14-25-43-47-34-46(40-22-10-11-24-42(40)51(47)60-50(43)45)35-30-32-39(33-31-35)59(38-20-8-3-9-21-38)48-28-15-26-44-41-23-12-13-29-49(41)61-52(44)48/h1-34,55H,(H,56,57,58). The van der Waals surface area contributed by atoms with E-state index in [2.05, 4.69) is 180 Å². The molecule has 288 valence electrons. The molecule has 0 saturated carbocycles. The van der Waals surface area contributed by atoms with E-state index in [0.29, 0.717) is 5.84 Å².